The van der Waals surface area contributed by atoms with Crippen LogP contribution in [0.5, 0.6) is 0 Å². The van der Waals surface area contributed by atoms with Crippen molar-refractivity contribution in [3.63, 3.8) is 0 Å². The van der Waals surface area contributed by atoms with Gasteiger partial charge >= 0.3 is 0 Å². The van der Waals surface area contributed by atoms with Crippen LogP contribution in [0.2, 0.25) is 0 Å². The van der Waals surface area contributed by atoms with E-state index in [9.17, 15) is 4.39 Å². The van der Waals surface area contributed by atoms with Crippen molar-refractivity contribution in [2.75, 3.05) is 7.05 Å². The number of nitrogens with one attached hydrogen (secondary N) is 1. The summed E-state index contributed by atoms with van der Waals surface area (Å²) in [5, 5.41) is 3.36. The van der Waals surface area contributed by atoms with Crippen molar-refractivity contribution < 1.29 is 4.39 Å². The molecule has 106 valence electrons. The van der Waals surface area contributed by atoms with Gasteiger partial charge in [0.2, 0.25) is 0 Å². The molecule has 2 rings (SSSR count). The van der Waals surface area contributed by atoms with Crippen molar-refractivity contribution in [1.29, 1.82) is 0 Å². The molecule has 0 aliphatic heterocycles. The quantitative estimate of drug-likeness (QED) is 0.827. The minimum Gasteiger partial charge on any atom is -0.313 e. The van der Waals surface area contributed by atoms with Gasteiger partial charge in [-0.2, -0.15) is 0 Å². The van der Waals surface area contributed by atoms with Crippen molar-refractivity contribution >= 4 is 0 Å². The first-order valence-corrected chi connectivity index (χ1v) is 7.23. The average molecular weight is 271 g/mol. The molecule has 0 aliphatic carbocycles. The summed E-state index contributed by atoms with van der Waals surface area (Å²) < 4.78 is 13.0. The Hall–Kier alpha value is -1.67. The van der Waals surface area contributed by atoms with E-state index in [1.807, 2.05) is 19.2 Å². The smallest absolute Gasteiger partial charge is 0.123 e. The summed E-state index contributed by atoms with van der Waals surface area (Å²) in [5.74, 6) is -0.181. The second kappa shape index (κ2) is 7.20. The van der Waals surface area contributed by atoms with Crippen molar-refractivity contribution in [1.82, 2.24) is 5.32 Å². The molecule has 20 heavy (non-hydrogen) atoms. The zero-order valence-electron chi connectivity index (χ0n) is 12.2. The summed E-state index contributed by atoms with van der Waals surface area (Å²) >= 11 is 0. The van der Waals surface area contributed by atoms with Gasteiger partial charge in [-0.05, 0) is 48.7 Å². The van der Waals surface area contributed by atoms with E-state index in [0.717, 1.165) is 24.8 Å². The van der Waals surface area contributed by atoms with Crippen LogP contribution in [0.15, 0.2) is 48.5 Å². The van der Waals surface area contributed by atoms with Crippen LogP contribution in [-0.4, -0.2) is 7.05 Å². The second-order valence-corrected chi connectivity index (χ2v) is 5.17. The van der Waals surface area contributed by atoms with E-state index in [2.05, 4.69) is 36.5 Å². The minimum atomic E-state index is -0.181. The summed E-state index contributed by atoms with van der Waals surface area (Å²) in [6.45, 7) is 2.20. The van der Waals surface area contributed by atoms with Crippen LogP contribution in [0.1, 0.15) is 36.1 Å². The number of benzene rings is 2. The van der Waals surface area contributed by atoms with Crippen LogP contribution in [0.4, 0.5) is 4.39 Å². The fourth-order valence-electron chi connectivity index (χ4n) is 2.50. The molecule has 0 heterocycles. The zero-order chi connectivity index (χ0) is 14.4. The Morgan fingerprint density at radius 3 is 2.45 bits per heavy atom. The van der Waals surface area contributed by atoms with E-state index >= 15 is 0 Å². The highest BCUT2D eigenvalue weighted by molar-refractivity contribution is 5.28. The molecule has 0 fully saturated rings. The predicted octanol–water partition coefficient (Wildman–Crippen LogP) is 4.28. The second-order valence-electron chi connectivity index (χ2n) is 5.17. The lowest BCUT2D eigenvalue weighted by Crippen LogP contribution is -2.19. The van der Waals surface area contributed by atoms with Gasteiger partial charge in [-0.1, -0.05) is 49.7 Å². The standard InChI is InChI=1S/C18H22FN/c1-3-5-14-6-4-7-16(12-14)18(20-2)13-15-8-10-17(19)11-9-15/h4,6-12,18,20H,3,5,13H2,1-2H3. The van der Waals surface area contributed by atoms with E-state index in [4.69, 9.17) is 0 Å². The Morgan fingerprint density at radius 2 is 1.80 bits per heavy atom. The van der Waals surface area contributed by atoms with E-state index in [1.165, 1.54) is 23.3 Å². The number of rotatable bonds is 6. The van der Waals surface area contributed by atoms with Gasteiger partial charge in [-0.3, -0.25) is 0 Å². The summed E-state index contributed by atoms with van der Waals surface area (Å²) in [6, 6.07) is 15.7. The highest BCUT2D eigenvalue weighted by atomic mass is 19.1. The Bertz CT molecular complexity index is 533. The lowest BCUT2D eigenvalue weighted by molar-refractivity contribution is 0.588. The molecule has 0 amide bonds. The lowest BCUT2D eigenvalue weighted by Gasteiger charge is -2.18. The first-order chi connectivity index (χ1) is 9.72. The molecular weight excluding hydrogens is 249 g/mol. The van der Waals surface area contributed by atoms with Crippen LogP contribution in [-0.2, 0) is 12.8 Å². The summed E-state index contributed by atoms with van der Waals surface area (Å²) in [4.78, 5) is 0. The largest absolute Gasteiger partial charge is 0.313 e. The molecule has 0 radical (unpaired) electrons. The van der Waals surface area contributed by atoms with Gasteiger partial charge in [0.05, 0.1) is 0 Å². The van der Waals surface area contributed by atoms with Gasteiger partial charge in [0, 0.05) is 6.04 Å². The molecular formula is C18H22FN. The van der Waals surface area contributed by atoms with Crippen molar-refractivity contribution in [3.05, 3.63) is 71.0 Å². The number of hydrogen-bond acceptors (Lipinski definition) is 1. The maximum atomic E-state index is 13.0. The topological polar surface area (TPSA) is 12.0 Å². The number of hydrogen-bond donors (Lipinski definition) is 1. The Morgan fingerprint density at radius 1 is 1.05 bits per heavy atom. The van der Waals surface area contributed by atoms with E-state index in [1.54, 1.807) is 0 Å². The third-order valence-electron chi connectivity index (χ3n) is 3.59. The monoisotopic (exact) mass is 271 g/mol. The average Bonchev–Trinajstić information content (AvgIpc) is 2.47. The zero-order valence-corrected chi connectivity index (χ0v) is 12.2. The number of likely N-dealkylation sites (N-methyl/N-ethyl adjacent to an activating group) is 1. The third kappa shape index (κ3) is 3.91. The molecule has 0 aromatic heterocycles. The molecule has 0 spiro atoms. The molecule has 2 aromatic rings. The summed E-state index contributed by atoms with van der Waals surface area (Å²) in [7, 11) is 1.97. The van der Waals surface area contributed by atoms with Gasteiger partial charge in [0.15, 0.2) is 0 Å². The highest BCUT2D eigenvalue weighted by Crippen LogP contribution is 2.20. The molecule has 1 nitrogen and oxygen atoms in total. The molecule has 1 atom stereocenters. The summed E-state index contributed by atoms with van der Waals surface area (Å²) in [5.41, 5.74) is 3.82. The van der Waals surface area contributed by atoms with Gasteiger partial charge < -0.3 is 5.32 Å². The first-order valence-electron chi connectivity index (χ1n) is 7.23. The van der Waals surface area contributed by atoms with Gasteiger partial charge in [0.1, 0.15) is 5.82 Å². The number of aryl methyl sites for hydroxylation is 1. The Balaban J connectivity index is 2.15. The fraction of sp³-hybridized carbons (Fsp3) is 0.333. The van der Waals surface area contributed by atoms with Gasteiger partial charge in [-0.25, -0.2) is 4.39 Å². The molecule has 0 saturated carbocycles. The van der Waals surface area contributed by atoms with Crippen LogP contribution in [0, 0.1) is 5.82 Å². The molecule has 1 N–H and O–H groups in total. The number of halogens is 1. The van der Waals surface area contributed by atoms with Crippen LogP contribution < -0.4 is 5.32 Å². The van der Waals surface area contributed by atoms with Gasteiger partial charge in [-0.15, -0.1) is 0 Å². The fourth-order valence-corrected chi connectivity index (χ4v) is 2.50. The van der Waals surface area contributed by atoms with Crippen molar-refractivity contribution in [2.24, 2.45) is 0 Å². The Labute approximate surface area is 120 Å². The molecule has 2 aromatic carbocycles. The molecule has 1 unspecified atom stereocenters. The van der Waals surface area contributed by atoms with Crippen molar-refractivity contribution in [3.8, 4) is 0 Å². The molecule has 0 saturated heterocycles. The maximum absolute atomic E-state index is 13.0. The SMILES string of the molecule is CCCc1cccc(C(Cc2ccc(F)cc2)NC)c1. The van der Waals surface area contributed by atoms with E-state index in [-0.39, 0.29) is 11.9 Å². The lowest BCUT2D eigenvalue weighted by atomic mass is 9.96. The maximum Gasteiger partial charge on any atom is 0.123 e. The Kier molecular flexibility index (Phi) is 5.31. The third-order valence-corrected chi connectivity index (χ3v) is 3.59. The van der Waals surface area contributed by atoms with E-state index < -0.39 is 0 Å². The van der Waals surface area contributed by atoms with Crippen LogP contribution >= 0.6 is 0 Å². The van der Waals surface area contributed by atoms with E-state index in [0.29, 0.717) is 0 Å². The van der Waals surface area contributed by atoms with Crippen LogP contribution in [0.25, 0.3) is 0 Å². The van der Waals surface area contributed by atoms with Crippen molar-refractivity contribution in [2.45, 2.75) is 32.2 Å². The van der Waals surface area contributed by atoms with Crippen LogP contribution in [0.3, 0.4) is 0 Å². The highest BCUT2D eigenvalue weighted by Gasteiger charge is 2.10. The molecule has 0 aliphatic rings. The first kappa shape index (κ1) is 14.7. The minimum absolute atomic E-state index is 0.181. The van der Waals surface area contributed by atoms with Gasteiger partial charge in [0.25, 0.3) is 0 Å². The summed E-state index contributed by atoms with van der Waals surface area (Å²) in [6.07, 6.45) is 3.14. The molecule has 0 bridgehead atoms. The molecule has 2 heteroatoms. The normalized spacial score (nSPS) is 12.3. The predicted molar refractivity (Wildman–Crippen MR) is 82.3 cm³/mol.